The van der Waals surface area contributed by atoms with Crippen molar-refractivity contribution in [2.45, 2.75) is 22.8 Å². The summed E-state index contributed by atoms with van der Waals surface area (Å²) in [6.45, 7) is 5.69. The Hall–Kier alpha value is -1.24. The normalized spacial score (nSPS) is 15.3. The molecule has 0 radical (unpaired) electrons. The number of benzene rings is 2. The van der Waals surface area contributed by atoms with Gasteiger partial charge in [-0.1, -0.05) is 42.1 Å². The quantitative estimate of drug-likeness (QED) is 0.779. The maximum absolute atomic E-state index is 12.6. The van der Waals surface area contributed by atoms with Crippen molar-refractivity contribution in [2.75, 3.05) is 31.5 Å². The monoisotopic (exact) mass is 413 g/mol. The van der Waals surface area contributed by atoms with Crippen LogP contribution in [0.2, 0.25) is 0 Å². The van der Waals surface area contributed by atoms with Crippen molar-refractivity contribution in [2.24, 2.45) is 0 Å². The zero-order valence-corrected chi connectivity index (χ0v) is 17.1. The van der Waals surface area contributed by atoms with Crippen molar-refractivity contribution in [3.63, 3.8) is 0 Å². The van der Waals surface area contributed by atoms with Gasteiger partial charge in [-0.25, -0.2) is 0 Å². The summed E-state index contributed by atoms with van der Waals surface area (Å²) in [7, 11) is 0. The van der Waals surface area contributed by atoms with Gasteiger partial charge in [-0.05, 0) is 31.2 Å². The lowest BCUT2D eigenvalue weighted by Gasteiger charge is -2.32. The molecule has 0 aliphatic carbocycles. The fourth-order valence-corrected chi connectivity index (χ4v) is 3.67. The Balaban J connectivity index is 0.00000169. The van der Waals surface area contributed by atoms with Crippen LogP contribution < -0.4 is 10.6 Å². The highest BCUT2D eigenvalue weighted by atomic mass is 35.5. The van der Waals surface area contributed by atoms with Gasteiger partial charge in [0.05, 0.1) is 11.7 Å². The van der Waals surface area contributed by atoms with Crippen molar-refractivity contribution in [3.8, 4) is 0 Å². The van der Waals surface area contributed by atoms with E-state index in [0.29, 0.717) is 0 Å². The largest absolute Gasteiger partial charge is 0.324 e. The highest BCUT2D eigenvalue weighted by Crippen LogP contribution is 2.33. The summed E-state index contributed by atoms with van der Waals surface area (Å²) >= 11 is 1.67. The van der Waals surface area contributed by atoms with E-state index in [9.17, 15) is 4.79 Å². The zero-order valence-electron chi connectivity index (χ0n) is 14.7. The first-order chi connectivity index (χ1) is 11.7. The molecule has 4 nitrogen and oxygen atoms in total. The molecular formula is C19H25Cl2N3OS. The lowest BCUT2D eigenvalue weighted by molar-refractivity contribution is -0.121. The third-order valence-corrected chi connectivity index (χ3v) is 5.28. The summed E-state index contributed by atoms with van der Waals surface area (Å²) in [5.74, 6) is 0.0537. The highest BCUT2D eigenvalue weighted by Gasteiger charge is 2.23. The van der Waals surface area contributed by atoms with Crippen LogP contribution in [0.15, 0.2) is 64.4 Å². The molecule has 0 bridgehead atoms. The SMILES string of the molecule is CC(C(=O)Nc1ccccc1Sc1ccccc1)N1CCNCC1.Cl.Cl. The Morgan fingerprint density at radius 2 is 1.65 bits per heavy atom. The van der Waals surface area contributed by atoms with Crippen molar-refractivity contribution >= 4 is 48.2 Å². The molecule has 1 atom stereocenters. The molecule has 2 aromatic rings. The van der Waals surface area contributed by atoms with Crippen LogP contribution in [-0.2, 0) is 4.79 Å². The average molecular weight is 414 g/mol. The van der Waals surface area contributed by atoms with E-state index in [1.807, 2.05) is 49.4 Å². The molecule has 1 aliphatic rings. The smallest absolute Gasteiger partial charge is 0.241 e. The molecule has 1 saturated heterocycles. The van der Waals surface area contributed by atoms with Crippen LogP contribution in [0.5, 0.6) is 0 Å². The number of carbonyl (C=O) groups excluding carboxylic acids is 1. The standard InChI is InChI=1S/C19H23N3OS.2ClH/c1-15(22-13-11-20-12-14-22)19(23)21-17-9-5-6-10-18(17)24-16-7-3-2-4-8-16;;/h2-10,15,20H,11-14H2,1H3,(H,21,23);2*1H. The second kappa shape index (κ2) is 11.5. The van der Waals surface area contributed by atoms with Crippen LogP contribution in [-0.4, -0.2) is 43.0 Å². The number of hydrogen-bond acceptors (Lipinski definition) is 4. The van der Waals surface area contributed by atoms with Crippen molar-refractivity contribution < 1.29 is 4.79 Å². The second-order valence-corrected chi connectivity index (χ2v) is 6.98. The molecule has 2 N–H and O–H groups in total. The van der Waals surface area contributed by atoms with Crippen LogP contribution >= 0.6 is 36.6 Å². The summed E-state index contributed by atoms with van der Waals surface area (Å²) in [5.41, 5.74) is 0.873. The number of para-hydroxylation sites is 1. The maximum Gasteiger partial charge on any atom is 0.241 e. The minimum Gasteiger partial charge on any atom is -0.324 e. The summed E-state index contributed by atoms with van der Waals surface area (Å²) in [4.78, 5) is 17.1. The first-order valence-corrected chi connectivity index (χ1v) is 9.13. The first kappa shape index (κ1) is 22.8. The Morgan fingerprint density at radius 3 is 2.35 bits per heavy atom. The van der Waals surface area contributed by atoms with Crippen molar-refractivity contribution in [1.82, 2.24) is 10.2 Å². The summed E-state index contributed by atoms with van der Waals surface area (Å²) in [5, 5.41) is 6.42. The van der Waals surface area contributed by atoms with E-state index in [2.05, 4.69) is 27.7 Å². The second-order valence-electron chi connectivity index (χ2n) is 5.86. The number of rotatable bonds is 5. The predicted octanol–water partition coefficient (Wildman–Crippen LogP) is 3.91. The molecule has 1 heterocycles. The summed E-state index contributed by atoms with van der Waals surface area (Å²) in [6, 6.07) is 18.1. The van der Waals surface area contributed by atoms with Gasteiger partial charge in [0, 0.05) is 36.0 Å². The van der Waals surface area contributed by atoms with Gasteiger partial charge in [-0.15, -0.1) is 24.8 Å². The van der Waals surface area contributed by atoms with Crippen LogP contribution in [0, 0.1) is 0 Å². The number of carbonyl (C=O) groups is 1. The molecule has 7 heteroatoms. The molecule has 1 fully saturated rings. The number of hydrogen-bond donors (Lipinski definition) is 2. The Morgan fingerprint density at radius 1 is 1.04 bits per heavy atom. The molecule has 1 aliphatic heterocycles. The lowest BCUT2D eigenvalue weighted by Crippen LogP contribution is -2.51. The zero-order chi connectivity index (χ0) is 16.8. The fraction of sp³-hybridized carbons (Fsp3) is 0.316. The number of amides is 1. The minimum absolute atomic E-state index is 0. The molecule has 142 valence electrons. The van der Waals surface area contributed by atoms with E-state index in [1.54, 1.807) is 11.8 Å². The molecule has 0 spiro atoms. The fourth-order valence-electron chi connectivity index (χ4n) is 2.75. The molecule has 0 saturated carbocycles. The van der Waals surface area contributed by atoms with Gasteiger partial charge in [0.15, 0.2) is 0 Å². The first-order valence-electron chi connectivity index (χ1n) is 8.31. The van der Waals surface area contributed by atoms with Gasteiger partial charge in [0.1, 0.15) is 0 Å². The third kappa shape index (κ3) is 6.18. The van der Waals surface area contributed by atoms with Crippen LogP contribution in [0.1, 0.15) is 6.92 Å². The van der Waals surface area contributed by atoms with Gasteiger partial charge in [0.25, 0.3) is 0 Å². The number of piperazine rings is 1. The summed E-state index contributed by atoms with van der Waals surface area (Å²) in [6.07, 6.45) is 0. The van der Waals surface area contributed by atoms with E-state index in [-0.39, 0.29) is 36.8 Å². The minimum atomic E-state index is -0.123. The molecule has 3 rings (SSSR count). The molecule has 26 heavy (non-hydrogen) atoms. The maximum atomic E-state index is 12.6. The van der Waals surface area contributed by atoms with Gasteiger partial charge in [-0.3, -0.25) is 9.69 Å². The van der Waals surface area contributed by atoms with Crippen LogP contribution in [0.25, 0.3) is 0 Å². The van der Waals surface area contributed by atoms with Crippen molar-refractivity contribution in [1.29, 1.82) is 0 Å². The molecule has 0 aromatic heterocycles. The van der Waals surface area contributed by atoms with E-state index in [1.165, 1.54) is 0 Å². The van der Waals surface area contributed by atoms with Gasteiger partial charge in [0.2, 0.25) is 5.91 Å². The lowest BCUT2D eigenvalue weighted by atomic mass is 10.2. The van der Waals surface area contributed by atoms with E-state index in [0.717, 1.165) is 41.7 Å². The van der Waals surface area contributed by atoms with Crippen LogP contribution in [0.3, 0.4) is 0 Å². The number of nitrogens with zero attached hydrogens (tertiary/aromatic N) is 1. The van der Waals surface area contributed by atoms with E-state index < -0.39 is 0 Å². The highest BCUT2D eigenvalue weighted by molar-refractivity contribution is 7.99. The Bertz CT molecular complexity index is 681. The van der Waals surface area contributed by atoms with Crippen LogP contribution in [0.4, 0.5) is 5.69 Å². The molecule has 1 unspecified atom stereocenters. The topological polar surface area (TPSA) is 44.4 Å². The van der Waals surface area contributed by atoms with Crippen molar-refractivity contribution in [3.05, 3.63) is 54.6 Å². The van der Waals surface area contributed by atoms with E-state index >= 15 is 0 Å². The number of anilines is 1. The number of nitrogens with one attached hydrogen (secondary N) is 2. The van der Waals surface area contributed by atoms with Gasteiger partial charge in [-0.2, -0.15) is 0 Å². The average Bonchev–Trinajstić information content (AvgIpc) is 2.64. The van der Waals surface area contributed by atoms with Gasteiger partial charge < -0.3 is 10.6 Å². The summed E-state index contributed by atoms with van der Waals surface area (Å²) < 4.78 is 0. The van der Waals surface area contributed by atoms with E-state index in [4.69, 9.17) is 0 Å². The third-order valence-electron chi connectivity index (χ3n) is 4.19. The Labute approximate surface area is 171 Å². The molecular weight excluding hydrogens is 389 g/mol. The Kier molecular flexibility index (Phi) is 10.1. The molecule has 2 aromatic carbocycles. The molecule has 1 amide bonds. The van der Waals surface area contributed by atoms with Gasteiger partial charge >= 0.3 is 0 Å². The number of halogens is 2. The predicted molar refractivity (Wildman–Crippen MR) is 114 cm³/mol.